The Balaban J connectivity index is 2.48. The summed E-state index contributed by atoms with van der Waals surface area (Å²) in [5.41, 5.74) is -0.290. The molecule has 2 nitrogen and oxygen atoms in total. The Morgan fingerprint density at radius 1 is 1.45 bits per heavy atom. The molecule has 2 bridgehead atoms. The SMILES string of the molecule is C[C@@H]1[C@@H]2CC[C@@]1(C)C(=O)C2=O. The average molecular weight is 152 g/mol. The lowest BCUT2D eigenvalue weighted by molar-refractivity contribution is -0.141. The molecule has 0 aliphatic heterocycles. The number of rotatable bonds is 0. The quantitative estimate of drug-likeness (QED) is 0.488. The summed E-state index contributed by atoms with van der Waals surface area (Å²) in [7, 11) is 0. The zero-order valence-electron chi connectivity index (χ0n) is 6.89. The zero-order valence-corrected chi connectivity index (χ0v) is 6.89. The van der Waals surface area contributed by atoms with Crippen molar-refractivity contribution in [3.05, 3.63) is 0 Å². The van der Waals surface area contributed by atoms with Gasteiger partial charge in [-0.3, -0.25) is 9.59 Å². The lowest BCUT2D eigenvalue weighted by atomic mass is 9.81. The normalized spacial score (nSPS) is 48.9. The summed E-state index contributed by atoms with van der Waals surface area (Å²) < 4.78 is 0. The fourth-order valence-electron chi connectivity index (χ4n) is 2.51. The van der Waals surface area contributed by atoms with Crippen LogP contribution in [0.3, 0.4) is 0 Å². The fraction of sp³-hybridized carbons (Fsp3) is 0.778. The monoisotopic (exact) mass is 152 g/mol. The number of ketones is 2. The van der Waals surface area contributed by atoms with Crippen LogP contribution >= 0.6 is 0 Å². The van der Waals surface area contributed by atoms with Gasteiger partial charge in [0, 0.05) is 11.3 Å². The van der Waals surface area contributed by atoms with Gasteiger partial charge in [0.1, 0.15) is 0 Å². The molecule has 2 fully saturated rings. The smallest absolute Gasteiger partial charge is 0.204 e. The molecule has 2 saturated carbocycles. The van der Waals surface area contributed by atoms with E-state index in [0.717, 1.165) is 12.8 Å². The third-order valence-corrected chi connectivity index (χ3v) is 3.66. The van der Waals surface area contributed by atoms with Crippen molar-refractivity contribution in [3.63, 3.8) is 0 Å². The summed E-state index contributed by atoms with van der Waals surface area (Å²) in [6.07, 6.45) is 1.85. The molecule has 11 heavy (non-hydrogen) atoms. The van der Waals surface area contributed by atoms with E-state index in [1.165, 1.54) is 0 Å². The van der Waals surface area contributed by atoms with Crippen molar-refractivity contribution in [3.8, 4) is 0 Å². The van der Waals surface area contributed by atoms with Crippen molar-refractivity contribution in [2.75, 3.05) is 0 Å². The molecule has 0 spiro atoms. The van der Waals surface area contributed by atoms with E-state index in [4.69, 9.17) is 0 Å². The van der Waals surface area contributed by atoms with E-state index in [0.29, 0.717) is 5.92 Å². The Morgan fingerprint density at radius 2 is 2.09 bits per heavy atom. The number of hydrogen-bond acceptors (Lipinski definition) is 2. The van der Waals surface area contributed by atoms with E-state index < -0.39 is 0 Å². The summed E-state index contributed by atoms with van der Waals surface area (Å²) in [4.78, 5) is 22.6. The molecular weight excluding hydrogens is 140 g/mol. The first-order valence-corrected chi connectivity index (χ1v) is 4.16. The molecule has 60 valence electrons. The molecule has 0 saturated heterocycles. The van der Waals surface area contributed by atoms with Crippen LogP contribution in [0.5, 0.6) is 0 Å². The largest absolute Gasteiger partial charge is 0.291 e. The molecule has 0 heterocycles. The first kappa shape index (κ1) is 7.01. The number of Topliss-reactive ketones (excluding diaryl/α,β-unsaturated/α-hetero) is 2. The van der Waals surface area contributed by atoms with Gasteiger partial charge in [-0.05, 0) is 18.8 Å². The van der Waals surface area contributed by atoms with Gasteiger partial charge in [-0.15, -0.1) is 0 Å². The first-order chi connectivity index (χ1) is 5.07. The highest BCUT2D eigenvalue weighted by molar-refractivity contribution is 6.42. The summed E-state index contributed by atoms with van der Waals surface area (Å²) in [6.45, 7) is 3.96. The van der Waals surface area contributed by atoms with Gasteiger partial charge in [-0.2, -0.15) is 0 Å². The van der Waals surface area contributed by atoms with Crippen molar-refractivity contribution < 1.29 is 9.59 Å². The minimum absolute atomic E-state index is 0.0625. The Hall–Kier alpha value is -0.660. The summed E-state index contributed by atoms with van der Waals surface area (Å²) in [5, 5.41) is 0. The highest BCUT2D eigenvalue weighted by atomic mass is 16.2. The van der Waals surface area contributed by atoms with Gasteiger partial charge in [0.2, 0.25) is 11.6 Å². The second kappa shape index (κ2) is 1.74. The molecule has 2 aliphatic rings. The summed E-state index contributed by atoms with van der Waals surface area (Å²) >= 11 is 0. The maximum Gasteiger partial charge on any atom is 0.204 e. The van der Waals surface area contributed by atoms with E-state index >= 15 is 0 Å². The van der Waals surface area contributed by atoms with Crippen LogP contribution in [0.4, 0.5) is 0 Å². The van der Waals surface area contributed by atoms with Gasteiger partial charge in [0.15, 0.2) is 0 Å². The summed E-state index contributed by atoms with van der Waals surface area (Å²) in [6, 6.07) is 0. The molecule has 3 atom stereocenters. The van der Waals surface area contributed by atoms with E-state index in [1.54, 1.807) is 0 Å². The predicted molar refractivity (Wildman–Crippen MR) is 40.0 cm³/mol. The molecule has 2 rings (SSSR count). The number of hydrogen-bond donors (Lipinski definition) is 0. The molecule has 2 aliphatic carbocycles. The third-order valence-electron chi connectivity index (χ3n) is 3.66. The van der Waals surface area contributed by atoms with E-state index in [2.05, 4.69) is 0 Å². The molecule has 0 aromatic rings. The van der Waals surface area contributed by atoms with Crippen molar-refractivity contribution in [2.45, 2.75) is 26.7 Å². The van der Waals surface area contributed by atoms with Gasteiger partial charge in [-0.1, -0.05) is 13.8 Å². The maximum absolute atomic E-state index is 11.3. The minimum Gasteiger partial charge on any atom is -0.291 e. The van der Waals surface area contributed by atoms with Gasteiger partial charge < -0.3 is 0 Å². The van der Waals surface area contributed by atoms with Gasteiger partial charge in [-0.25, -0.2) is 0 Å². The van der Waals surface area contributed by atoms with Crippen LogP contribution in [-0.2, 0) is 9.59 Å². The Bertz CT molecular complexity index is 244. The highest BCUT2D eigenvalue weighted by Crippen LogP contribution is 2.53. The Morgan fingerprint density at radius 3 is 2.36 bits per heavy atom. The number of carbonyl (C=O) groups excluding carboxylic acids is 2. The molecule has 0 aromatic heterocycles. The molecular formula is C9H12O2. The molecule has 0 radical (unpaired) electrons. The first-order valence-electron chi connectivity index (χ1n) is 4.16. The minimum atomic E-state index is -0.290. The second-order valence-electron chi connectivity index (χ2n) is 4.04. The highest BCUT2D eigenvalue weighted by Gasteiger charge is 2.59. The van der Waals surface area contributed by atoms with Crippen LogP contribution in [0.1, 0.15) is 26.7 Å². The fourth-order valence-corrected chi connectivity index (χ4v) is 2.51. The van der Waals surface area contributed by atoms with Crippen molar-refractivity contribution >= 4 is 11.6 Å². The van der Waals surface area contributed by atoms with Crippen molar-refractivity contribution in [1.29, 1.82) is 0 Å². The molecule has 0 aromatic carbocycles. The van der Waals surface area contributed by atoms with Crippen LogP contribution < -0.4 is 0 Å². The predicted octanol–water partition coefficient (Wildman–Crippen LogP) is 1.19. The summed E-state index contributed by atoms with van der Waals surface area (Å²) in [5.74, 6) is 0.141. The Kier molecular flexibility index (Phi) is 1.11. The second-order valence-corrected chi connectivity index (χ2v) is 4.04. The van der Waals surface area contributed by atoms with Crippen LogP contribution in [0.2, 0.25) is 0 Å². The number of fused-ring (bicyclic) bond motifs is 2. The van der Waals surface area contributed by atoms with E-state index in [1.807, 2.05) is 13.8 Å². The van der Waals surface area contributed by atoms with Crippen LogP contribution in [0.15, 0.2) is 0 Å². The van der Waals surface area contributed by atoms with Crippen LogP contribution in [0, 0.1) is 17.3 Å². The van der Waals surface area contributed by atoms with Crippen molar-refractivity contribution in [2.24, 2.45) is 17.3 Å². The van der Waals surface area contributed by atoms with E-state index in [-0.39, 0.29) is 22.9 Å². The third kappa shape index (κ3) is 0.585. The van der Waals surface area contributed by atoms with Crippen LogP contribution in [0.25, 0.3) is 0 Å². The van der Waals surface area contributed by atoms with Crippen molar-refractivity contribution in [1.82, 2.24) is 0 Å². The Labute approximate surface area is 66.0 Å². The maximum atomic E-state index is 11.3. The molecule has 0 N–H and O–H groups in total. The van der Waals surface area contributed by atoms with E-state index in [9.17, 15) is 9.59 Å². The average Bonchev–Trinajstić information content (AvgIpc) is 2.33. The molecule has 2 heteroatoms. The van der Waals surface area contributed by atoms with Gasteiger partial charge in [0.05, 0.1) is 0 Å². The van der Waals surface area contributed by atoms with Crippen LogP contribution in [-0.4, -0.2) is 11.6 Å². The lowest BCUT2D eigenvalue weighted by Crippen LogP contribution is -2.29. The molecule has 0 unspecified atom stereocenters. The number of carbonyl (C=O) groups is 2. The topological polar surface area (TPSA) is 34.1 Å². The standard InChI is InChI=1S/C9H12O2/c1-5-6-3-4-9(5,2)8(11)7(6)10/h5-6H,3-4H2,1-2H3/t5-,6+,9-/m1/s1. The zero-order chi connectivity index (χ0) is 8.22. The lowest BCUT2D eigenvalue weighted by Gasteiger charge is -2.20. The van der Waals surface area contributed by atoms with Gasteiger partial charge in [0.25, 0.3) is 0 Å². The molecule has 0 amide bonds. The van der Waals surface area contributed by atoms with Gasteiger partial charge >= 0.3 is 0 Å².